The molecular formula is C17H20N4O. The molecule has 1 aromatic carbocycles. The molecule has 0 spiro atoms. The van der Waals surface area contributed by atoms with Gasteiger partial charge in [-0.1, -0.05) is 0 Å². The zero-order chi connectivity index (χ0) is 15.2. The largest absolute Gasteiger partial charge is 0.492 e. The van der Waals surface area contributed by atoms with Gasteiger partial charge in [-0.25, -0.2) is 0 Å². The highest BCUT2D eigenvalue weighted by Gasteiger charge is 2.20. The van der Waals surface area contributed by atoms with E-state index in [9.17, 15) is 0 Å². The Balaban J connectivity index is 1.39. The van der Waals surface area contributed by atoms with E-state index in [4.69, 9.17) is 10.00 Å². The molecular weight excluding hydrogens is 276 g/mol. The third-order valence-corrected chi connectivity index (χ3v) is 4.24. The molecule has 5 heteroatoms. The van der Waals surface area contributed by atoms with Crippen molar-refractivity contribution in [2.75, 3.05) is 26.2 Å². The first kappa shape index (κ1) is 14.6. The summed E-state index contributed by atoms with van der Waals surface area (Å²) in [7, 11) is 0. The molecule has 1 fully saturated rings. The van der Waals surface area contributed by atoms with Gasteiger partial charge in [-0.2, -0.15) is 10.4 Å². The lowest BCUT2D eigenvalue weighted by molar-refractivity contribution is 0.173. The SMILES string of the molecule is N#Cc1ccc(OCCN2CCC(c3cn[nH]c3)CC2)cc1. The van der Waals surface area contributed by atoms with Gasteiger partial charge in [0.1, 0.15) is 12.4 Å². The van der Waals surface area contributed by atoms with Crippen LogP contribution in [0, 0.1) is 11.3 Å². The first-order valence-corrected chi connectivity index (χ1v) is 7.69. The second kappa shape index (κ2) is 7.10. The molecule has 0 saturated carbocycles. The van der Waals surface area contributed by atoms with E-state index in [0.29, 0.717) is 18.1 Å². The van der Waals surface area contributed by atoms with Crippen molar-refractivity contribution in [3.63, 3.8) is 0 Å². The van der Waals surface area contributed by atoms with Gasteiger partial charge in [-0.15, -0.1) is 0 Å². The van der Waals surface area contributed by atoms with E-state index in [1.807, 2.05) is 24.5 Å². The summed E-state index contributed by atoms with van der Waals surface area (Å²) in [5.41, 5.74) is 1.99. The van der Waals surface area contributed by atoms with Crippen molar-refractivity contribution in [1.82, 2.24) is 15.1 Å². The fourth-order valence-corrected chi connectivity index (χ4v) is 2.89. The third kappa shape index (κ3) is 3.66. The number of nitrogens with one attached hydrogen (secondary N) is 1. The number of aromatic nitrogens is 2. The van der Waals surface area contributed by atoms with Gasteiger partial charge in [0.25, 0.3) is 0 Å². The molecule has 114 valence electrons. The number of nitrogens with zero attached hydrogens (tertiary/aromatic N) is 3. The van der Waals surface area contributed by atoms with E-state index in [1.165, 1.54) is 18.4 Å². The van der Waals surface area contributed by atoms with Gasteiger partial charge in [0.05, 0.1) is 17.8 Å². The van der Waals surface area contributed by atoms with Gasteiger partial charge in [0, 0.05) is 12.7 Å². The lowest BCUT2D eigenvalue weighted by Crippen LogP contribution is -2.35. The maximum Gasteiger partial charge on any atom is 0.119 e. The zero-order valence-electron chi connectivity index (χ0n) is 12.5. The first-order chi connectivity index (χ1) is 10.8. The van der Waals surface area contributed by atoms with Crippen LogP contribution < -0.4 is 4.74 Å². The Morgan fingerprint density at radius 2 is 2.05 bits per heavy atom. The molecule has 0 atom stereocenters. The number of ether oxygens (including phenoxy) is 1. The van der Waals surface area contributed by atoms with Crippen LogP contribution in [0.25, 0.3) is 0 Å². The summed E-state index contributed by atoms with van der Waals surface area (Å²) in [6, 6.07) is 9.38. The molecule has 22 heavy (non-hydrogen) atoms. The summed E-state index contributed by atoms with van der Waals surface area (Å²) in [6.07, 6.45) is 6.30. The van der Waals surface area contributed by atoms with E-state index >= 15 is 0 Å². The Labute approximate surface area is 130 Å². The standard InChI is InChI=1S/C17H20N4O/c18-11-14-1-3-17(4-2-14)22-10-9-21-7-5-15(6-8-21)16-12-19-20-13-16/h1-4,12-13,15H,5-10H2,(H,19,20). The van der Waals surface area contributed by atoms with E-state index in [-0.39, 0.29) is 0 Å². The lowest BCUT2D eigenvalue weighted by atomic mass is 9.92. The predicted molar refractivity (Wildman–Crippen MR) is 83.7 cm³/mol. The minimum Gasteiger partial charge on any atom is -0.492 e. The van der Waals surface area contributed by atoms with Crippen LogP contribution in [0.4, 0.5) is 0 Å². The second-order valence-corrected chi connectivity index (χ2v) is 5.63. The molecule has 1 N–H and O–H groups in total. The summed E-state index contributed by atoms with van der Waals surface area (Å²) in [6.45, 7) is 3.83. The number of rotatable bonds is 5. The molecule has 1 aromatic heterocycles. The molecule has 1 aliphatic rings. The number of hydrogen-bond acceptors (Lipinski definition) is 4. The second-order valence-electron chi connectivity index (χ2n) is 5.63. The van der Waals surface area contributed by atoms with Crippen molar-refractivity contribution in [2.45, 2.75) is 18.8 Å². The van der Waals surface area contributed by atoms with Crippen molar-refractivity contribution in [3.05, 3.63) is 47.8 Å². The van der Waals surface area contributed by atoms with Crippen LogP contribution in [-0.4, -0.2) is 41.3 Å². The van der Waals surface area contributed by atoms with Crippen molar-refractivity contribution in [1.29, 1.82) is 5.26 Å². The van der Waals surface area contributed by atoms with E-state index in [2.05, 4.69) is 21.2 Å². The van der Waals surface area contributed by atoms with Gasteiger partial charge in [0.15, 0.2) is 0 Å². The highest BCUT2D eigenvalue weighted by molar-refractivity contribution is 5.34. The fourth-order valence-electron chi connectivity index (χ4n) is 2.89. The Bertz CT molecular complexity index is 607. The molecule has 0 unspecified atom stereocenters. The quantitative estimate of drug-likeness (QED) is 0.921. The van der Waals surface area contributed by atoms with Crippen molar-refractivity contribution >= 4 is 0 Å². The van der Waals surface area contributed by atoms with Gasteiger partial charge in [0.2, 0.25) is 0 Å². The number of benzene rings is 1. The van der Waals surface area contributed by atoms with Crippen molar-refractivity contribution < 1.29 is 4.74 Å². The van der Waals surface area contributed by atoms with Gasteiger partial charge >= 0.3 is 0 Å². The minimum atomic E-state index is 0.634. The summed E-state index contributed by atoms with van der Waals surface area (Å²) >= 11 is 0. The number of likely N-dealkylation sites (tertiary alicyclic amines) is 1. The molecule has 3 rings (SSSR count). The third-order valence-electron chi connectivity index (χ3n) is 4.24. The van der Waals surface area contributed by atoms with E-state index in [0.717, 1.165) is 25.4 Å². The summed E-state index contributed by atoms with van der Waals surface area (Å²) in [5.74, 6) is 1.46. The lowest BCUT2D eigenvalue weighted by Gasteiger charge is -2.31. The smallest absolute Gasteiger partial charge is 0.119 e. The van der Waals surface area contributed by atoms with Crippen LogP contribution in [0.15, 0.2) is 36.7 Å². The highest BCUT2D eigenvalue weighted by atomic mass is 16.5. The molecule has 1 aliphatic heterocycles. The highest BCUT2D eigenvalue weighted by Crippen LogP contribution is 2.26. The minimum absolute atomic E-state index is 0.634. The maximum absolute atomic E-state index is 8.76. The van der Waals surface area contributed by atoms with Crippen LogP contribution >= 0.6 is 0 Å². The van der Waals surface area contributed by atoms with Crippen molar-refractivity contribution in [2.24, 2.45) is 0 Å². The summed E-state index contributed by atoms with van der Waals surface area (Å²) in [5, 5.41) is 15.7. The zero-order valence-corrected chi connectivity index (χ0v) is 12.5. The Hall–Kier alpha value is -2.32. The molecule has 0 aliphatic carbocycles. The van der Waals surface area contributed by atoms with Crippen LogP contribution in [-0.2, 0) is 0 Å². The Morgan fingerprint density at radius 1 is 1.27 bits per heavy atom. The topological polar surface area (TPSA) is 64.9 Å². The van der Waals surface area contributed by atoms with Crippen LogP contribution in [0.3, 0.4) is 0 Å². The van der Waals surface area contributed by atoms with Gasteiger partial charge in [-0.05, 0) is 61.7 Å². The van der Waals surface area contributed by atoms with Gasteiger partial charge < -0.3 is 4.74 Å². The number of hydrogen-bond donors (Lipinski definition) is 1. The van der Waals surface area contributed by atoms with Gasteiger partial charge in [-0.3, -0.25) is 10.00 Å². The first-order valence-electron chi connectivity index (χ1n) is 7.69. The average Bonchev–Trinajstić information content (AvgIpc) is 3.11. The number of H-pyrrole nitrogens is 1. The Morgan fingerprint density at radius 3 is 2.68 bits per heavy atom. The molecule has 2 heterocycles. The fraction of sp³-hybridized carbons (Fsp3) is 0.412. The van der Waals surface area contributed by atoms with E-state index in [1.54, 1.807) is 12.1 Å². The number of aromatic amines is 1. The molecule has 1 saturated heterocycles. The summed E-state index contributed by atoms with van der Waals surface area (Å²) < 4.78 is 5.74. The monoisotopic (exact) mass is 296 g/mol. The molecule has 0 amide bonds. The number of piperidine rings is 1. The maximum atomic E-state index is 8.76. The summed E-state index contributed by atoms with van der Waals surface area (Å²) in [4.78, 5) is 2.44. The molecule has 0 bridgehead atoms. The van der Waals surface area contributed by atoms with Crippen LogP contribution in [0.1, 0.15) is 29.9 Å². The van der Waals surface area contributed by atoms with Crippen LogP contribution in [0.2, 0.25) is 0 Å². The molecule has 5 nitrogen and oxygen atoms in total. The number of nitriles is 1. The van der Waals surface area contributed by atoms with Crippen molar-refractivity contribution in [3.8, 4) is 11.8 Å². The average molecular weight is 296 g/mol. The molecule has 0 radical (unpaired) electrons. The Kier molecular flexibility index (Phi) is 4.71. The molecule has 2 aromatic rings. The predicted octanol–water partition coefficient (Wildman–Crippen LogP) is 2.54. The normalized spacial score (nSPS) is 16.3. The van der Waals surface area contributed by atoms with E-state index < -0.39 is 0 Å². The van der Waals surface area contributed by atoms with Crippen LogP contribution in [0.5, 0.6) is 5.75 Å².